The second-order valence-corrected chi connectivity index (χ2v) is 7.17. The lowest BCUT2D eigenvalue weighted by Gasteiger charge is -2.35. The second-order valence-electron chi connectivity index (χ2n) is 7.17. The Hall–Kier alpha value is -3.16. The zero-order chi connectivity index (χ0) is 19.3. The quantitative estimate of drug-likeness (QED) is 0.738. The number of likely N-dealkylation sites (tertiary alicyclic amines) is 1. The fourth-order valence-electron chi connectivity index (χ4n) is 3.72. The van der Waals surface area contributed by atoms with E-state index in [1.54, 1.807) is 12.5 Å². The Balaban J connectivity index is 1.39. The van der Waals surface area contributed by atoms with Crippen molar-refractivity contribution in [2.45, 2.75) is 38.3 Å². The summed E-state index contributed by atoms with van der Waals surface area (Å²) < 4.78 is 3.79. The Labute approximate surface area is 164 Å². The molecule has 8 nitrogen and oxygen atoms in total. The second kappa shape index (κ2) is 8.24. The van der Waals surface area contributed by atoms with Gasteiger partial charge in [0.2, 0.25) is 0 Å². The Morgan fingerprint density at radius 1 is 1.25 bits per heavy atom. The predicted octanol–water partition coefficient (Wildman–Crippen LogP) is 3.16. The van der Waals surface area contributed by atoms with Crippen molar-refractivity contribution in [3.05, 3.63) is 49.1 Å². The number of nitrogens with one attached hydrogen (secondary N) is 1. The number of rotatable bonds is 5. The Kier molecular flexibility index (Phi) is 5.36. The first-order valence-corrected chi connectivity index (χ1v) is 9.70. The van der Waals surface area contributed by atoms with Crippen molar-refractivity contribution in [3.8, 4) is 11.4 Å². The molecule has 0 bridgehead atoms. The van der Waals surface area contributed by atoms with Crippen molar-refractivity contribution in [1.82, 2.24) is 29.4 Å². The van der Waals surface area contributed by atoms with E-state index in [0.717, 1.165) is 49.4 Å². The van der Waals surface area contributed by atoms with Crippen LogP contribution in [0, 0.1) is 0 Å². The lowest BCUT2D eigenvalue weighted by molar-refractivity contribution is 0.154. The normalized spacial score (nSPS) is 16.9. The smallest absolute Gasteiger partial charge is 0.321 e. The molecule has 0 radical (unpaired) electrons. The van der Waals surface area contributed by atoms with Gasteiger partial charge in [-0.3, -0.25) is 4.68 Å². The maximum Gasteiger partial charge on any atom is 0.322 e. The Morgan fingerprint density at radius 2 is 2.11 bits per heavy atom. The first kappa shape index (κ1) is 18.2. The number of amides is 2. The van der Waals surface area contributed by atoms with Crippen molar-refractivity contribution >= 4 is 11.7 Å². The zero-order valence-corrected chi connectivity index (χ0v) is 16.0. The number of carbonyl (C=O) groups is 1. The maximum absolute atomic E-state index is 12.9. The van der Waals surface area contributed by atoms with Gasteiger partial charge in [0.1, 0.15) is 6.33 Å². The topological polar surface area (TPSA) is 80.9 Å². The van der Waals surface area contributed by atoms with E-state index in [0.29, 0.717) is 0 Å². The van der Waals surface area contributed by atoms with E-state index < -0.39 is 0 Å². The maximum atomic E-state index is 12.9. The largest absolute Gasteiger partial charge is 0.322 e. The van der Waals surface area contributed by atoms with Gasteiger partial charge in [0.15, 0.2) is 5.82 Å². The molecule has 2 aromatic heterocycles. The van der Waals surface area contributed by atoms with E-state index in [1.807, 2.05) is 57.7 Å². The van der Waals surface area contributed by atoms with E-state index in [-0.39, 0.29) is 12.1 Å². The molecule has 1 fully saturated rings. The van der Waals surface area contributed by atoms with Crippen LogP contribution in [0.1, 0.15) is 25.7 Å². The molecule has 146 valence electrons. The van der Waals surface area contributed by atoms with Crippen molar-refractivity contribution in [3.63, 3.8) is 0 Å². The molecule has 1 N–H and O–H groups in total. The minimum absolute atomic E-state index is 0.0310. The van der Waals surface area contributed by atoms with Gasteiger partial charge in [-0.15, -0.1) is 10.2 Å². The highest BCUT2D eigenvalue weighted by Gasteiger charge is 2.26. The summed E-state index contributed by atoms with van der Waals surface area (Å²) in [5, 5.41) is 15.3. The molecule has 1 aromatic carbocycles. The van der Waals surface area contributed by atoms with Gasteiger partial charge in [-0.2, -0.15) is 5.10 Å². The molecule has 2 amide bonds. The number of hydrogen-bond acceptors (Lipinski definition) is 4. The van der Waals surface area contributed by atoms with Gasteiger partial charge in [-0.25, -0.2) is 4.79 Å². The summed E-state index contributed by atoms with van der Waals surface area (Å²) in [7, 11) is 1.91. The molecule has 0 spiro atoms. The third-order valence-corrected chi connectivity index (χ3v) is 5.24. The fraction of sp³-hybridized carbons (Fsp3) is 0.400. The average Bonchev–Trinajstić information content (AvgIpc) is 3.39. The molecule has 8 heteroatoms. The van der Waals surface area contributed by atoms with E-state index in [9.17, 15) is 4.79 Å². The van der Waals surface area contributed by atoms with Crippen LogP contribution in [-0.4, -0.2) is 48.1 Å². The van der Waals surface area contributed by atoms with E-state index >= 15 is 0 Å². The number of aromatic nitrogens is 5. The van der Waals surface area contributed by atoms with Gasteiger partial charge in [-0.1, -0.05) is 0 Å². The van der Waals surface area contributed by atoms with Crippen molar-refractivity contribution < 1.29 is 4.79 Å². The molecular formula is C20H25N7O. The molecule has 0 aliphatic carbocycles. The van der Waals surface area contributed by atoms with Gasteiger partial charge in [0.05, 0.1) is 0 Å². The Morgan fingerprint density at radius 3 is 2.82 bits per heavy atom. The van der Waals surface area contributed by atoms with Crippen molar-refractivity contribution in [2.24, 2.45) is 7.05 Å². The van der Waals surface area contributed by atoms with Crippen LogP contribution in [0.5, 0.6) is 0 Å². The van der Waals surface area contributed by atoms with E-state index in [4.69, 9.17) is 0 Å². The molecule has 0 unspecified atom stereocenters. The van der Waals surface area contributed by atoms with Crippen molar-refractivity contribution in [1.29, 1.82) is 0 Å². The highest BCUT2D eigenvalue weighted by molar-refractivity contribution is 5.89. The van der Waals surface area contributed by atoms with Gasteiger partial charge in [-0.05, 0) is 56.0 Å². The van der Waals surface area contributed by atoms with Crippen LogP contribution in [0.25, 0.3) is 11.4 Å². The van der Waals surface area contributed by atoms with Gasteiger partial charge < -0.3 is 14.8 Å². The molecule has 3 aromatic rings. The number of urea groups is 1. The first-order valence-electron chi connectivity index (χ1n) is 9.70. The third-order valence-electron chi connectivity index (χ3n) is 5.24. The molecule has 0 saturated carbocycles. The summed E-state index contributed by atoms with van der Waals surface area (Å²) in [6, 6.07) is 9.86. The number of nitrogens with zero attached hydrogens (tertiary/aromatic N) is 6. The molecule has 4 rings (SSSR count). The van der Waals surface area contributed by atoms with Crippen LogP contribution in [0.4, 0.5) is 10.5 Å². The van der Waals surface area contributed by atoms with Crippen molar-refractivity contribution in [2.75, 3.05) is 11.9 Å². The first-order chi connectivity index (χ1) is 13.7. The third kappa shape index (κ3) is 4.05. The lowest BCUT2D eigenvalue weighted by atomic mass is 10.00. The molecule has 1 aliphatic heterocycles. The Bertz CT molecular complexity index is 901. The summed E-state index contributed by atoms with van der Waals surface area (Å²) in [5.74, 6) is 0.799. The minimum Gasteiger partial charge on any atom is -0.321 e. The minimum atomic E-state index is -0.0310. The van der Waals surface area contributed by atoms with Crippen LogP contribution in [0.2, 0.25) is 0 Å². The van der Waals surface area contributed by atoms with Crippen LogP contribution < -0.4 is 5.32 Å². The highest BCUT2D eigenvalue weighted by atomic mass is 16.2. The fourth-order valence-corrected chi connectivity index (χ4v) is 3.72. The monoisotopic (exact) mass is 379 g/mol. The number of aryl methyl sites for hydroxylation is 2. The lowest BCUT2D eigenvalue weighted by Crippen LogP contribution is -2.46. The zero-order valence-electron chi connectivity index (χ0n) is 16.0. The van der Waals surface area contributed by atoms with Gasteiger partial charge >= 0.3 is 6.03 Å². The summed E-state index contributed by atoms with van der Waals surface area (Å²) >= 11 is 0. The predicted molar refractivity (Wildman–Crippen MR) is 107 cm³/mol. The van der Waals surface area contributed by atoms with Crippen LogP contribution in [0.15, 0.2) is 49.1 Å². The SMILES string of the molecule is Cn1cnnc1-c1ccc(NC(=O)N2CCCC[C@@H]2CCn2cccn2)cc1. The van der Waals surface area contributed by atoms with Gasteiger partial charge in [0, 0.05) is 49.8 Å². The number of carbonyl (C=O) groups excluding carboxylic acids is 1. The van der Waals surface area contributed by atoms with E-state index in [1.165, 1.54) is 6.42 Å². The molecule has 3 heterocycles. The van der Waals surface area contributed by atoms with Gasteiger partial charge in [0.25, 0.3) is 0 Å². The standard InChI is InChI=1S/C20H25N7O/c1-25-15-21-24-19(25)16-6-8-17(9-7-16)23-20(28)27-13-3-2-5-18(27)10-14-26-12-4-11-22-26/h4,6-9,11-12,15,18H,2-3,5,10,13-14H2,1H3,(H,23,28)/t18-/m1/s1. The summed E-state index contributed by atoms with van der Waals surface area (Å²) in [6.45, 7) is 1.63. The summed E-state index contributed by atoms with van der Waals surface area (Å²) in [6.07, 6.45) is 9.60. The molecule has 1 atom stereocenters. The summed E-state index contributed by atoms with van der Waals surface area (Å²) in [4.78, 5) is 14.8. The molecule has 28 heavy (non-hydrogen) atoms. The molecule has 1 saturated heterocycles. The number of benzene rings is 1. The summed E-state index contributed by atoms with van der Waals surface area (Å²) in [5.41, 5.74) is 1.75. The van der Waals surface area contributed by atoms with Crippen LogP contribution in [-0.2, 0) is 13.6 Å². The molecular weight excluding hydrogens is 354 g/mol. The number of hydrogen-bond donors (Lipinski definition) is 1. The van der Waals surface area contributed by atoms with Crippen LogP contribution in [0.3, 0.4) is 0 Å². The average molecular weight is 379 g/mol. The highest BCUT2D eigenvalue weighted by Crippen LogP contribution is 2.23. The number of piperidine rings is 1. The molecule has 1 aliphatic rings. The van der Waals surface area contributed by atoms with E-state index in [2.05, 4.69) is 20.6 Å². The van der Waals surface area contributed by atoms with Crippen LogP contribution >= 0.6 is 0 Å². The number of anilines is 1.